The maximum Gasteiger partial charge on any atom is 0.258 e. The molecular weight excluding hydrogens is 274 g/mol. The minimum Gasteiger partial charge on any atom is -0.377 e. The molecule has 0 aliphatic carbocycles. The molecule has 0 radical (unpaired) electrons. The van der Waals surface area contributed by atoms with E-state index in [2.05, 4.69) is 5.32 Å². The molecule has 0 saturated carbocycles. The van der Waals surface area contributed by atoms with E-state index in [1.54, 1.807) is 19.9 Å². The molecule has 3 N–H and O–H groups in total. The molecule has 0 aromatic carbocycles. The molecule has 1 fully saturated rings. The molecule has 20 heavy (non-hydrogen) atoms. The fourth-order valence-electron chi connectivity index (χ4n) is 1.56. The van der Waals surface area contributed by atoms with E-state index >= 15 is 0 Å². The van der Waals surface area contributed by atoms with Crippen molar-refractivity contribution in [3.8, 4) is 0 Å². The Morgan fingerprint density at radius 3 is 2.45 bits per heavy atom. The van der Waals surface area contributed by atoms with Crippen LogP contribution < -0.4 is 5.32 Å². The van der Waals surface area contributed by atoms with Crippen molar-refractivity contribution in [1.82, 2.24) is 5.32 Å². The Bertz CT molecular complexity index is 491. The topological polar surface area (TPSA) is 86.0 Å². The molecule has 0 spiro atoms. The van der Waals surface area contributed by atoms with E-state index in [-0.39, 0.29) is 11.9 Å². The number of allylic oxidation sites excluding steroid dienone is 2. The molecule has 0 aromatic rings. The van der Waals surface area contributed by atoms with Gasteiger partial charge in [0.25, 0.3) is 5.91 Å². The standard InChI is InChI=1S/C12H15N3O2S.C2H6/c1-6(7(2)13)9-3-10(18-11(9)14)12(16)15-8-4-17-5-8;1-2/h3,8,13-14H,4-5H2,1-2H3,(H,15,16);1-2H3/b9-6-,13-7?,14-11?;. The average Bonchev–Trinajstić information content (AvgIpc) is 2.77. The minimum atomic E-state index is -0.163. The van der Waals surface area contributed by atoms with Crippen LogP contribution in [0.25, 0.3) is 0 Å². The second-order valence-electron chi connectivity index (χ2n) is 4.31. The van der Waals surface area contributed by atoms with Crippen LogP contribution in [0, 0.1) is 10.8 Å². The Hall–Kier alpha value is -1.40. The van der Waals surface area contributed by atoms with Crippen molar-refractivity contribution in [2.45, 2.75) is 33.7 Å². The van der Waals surface area contributed by atoms with Crippen LogP contribution in [0.3, 0.4) is 0 Å². The molecule has 5 nitrogen and oxygen atoms in total. The molecule has 1 saturated heterocycles. The largest absolute Gasteiger partial charge is 0.377 e. The van der Waals surface area contributed by atoms with Crippen molar-refractivity contribution >= 4 is 28.4 Å². The van der Waals surface area contributed by atoms with Gasteiger partial charge in [0.05, 0.1) is 29.2 Å². The van der Waals surface area contributed by atoms with Gasteiger partial charge in [-0.15, -0.1) is 0 Å². The summed E-state index contributed by atoms with van der Waals surface area (Å²) in [7, 11) is 0. The summed E-state index contributed by atoms with van der Waals surface area (Å²) in [5, 5.41) is 18.6. The lowest BCUT2D eigenvalue weighted by Crippen LogP contribution is -2.48. The van der Waals surface area contributed by atoms with E-state index < -0.39 is 0 Å². The zero-order valence-electron chi connectivity index (χ0n) is 12.3. The van der Waals surface area contributed by atoms with E-state index in [1.165, 1.54) is 0 Å². The Balaban J connectivity index is 0.000000956. The maximum atomic E-state index is 11.9. The quantitative estimate of drug-likeness (QED) is 0.699. The van der Waals surface area contributed by atoms with Gasteiger partial charge in [0.2, 0.25) is 0 Å². The fourth-order valence-corrected chi connectivity index (χ4v) is 2.43. The summed E-state index contributed by atoms with van der Waals surface area (Å²) in [5.41, 5.74) is 1.82. The van der Waals surface area contributed by atoms with Crippen LogP contribution in [-0.2, 0) is 9.53 Å². The maximum absolute atomic E-state index is 11.9. The molecule has 2 rings (SSSR count). The van der Waals surface area contributed by atoms with Gasteiger partial charge in [-0.2, -0.15) is 0 Å². The average molecular weight is 295 g/mol. The van der Waals surface area contributed by atoms with Gasteiger partial charge < -0.3 is 15.5 Å². The Labute approximate surface area is 123 Å². The monoisotopic (exact) mass is 295 g/mol. The predicted molar refractivity (Wildman–Crippen MR) is 83.6 cm³/mol. The van der Waals surface area contributed by atoms with Crippen LogP contribution >= 0.6 is 11.8 Å². The summed E-state index contributed by atoms with van der Waals surface area (Å²) in [6.07, 6.45) is 1.69. The number of amides is 1. The van der Waals surface area contributed by atoms with Crippen LogP contribution in [0.2, 0.25) is 0 Å². The molecule has 2 aliphatic rings. The lowest BCUT2D eigenvalue weighted by Gasteiger charge is -2.26. The fraction of sp³-hybridized carbons (Fsp3) is 0.500. The molecule has 6 heteroatoms. The van der Waals surface area contributed by atoms with E-state index in [9.17, 15) is 4.79 Å². The van der Waals surface area contributed by atoms with Crippen molar-refractivity contribution in [3.05, 3.63) is 22.1 Å². The zero-order chi connectivity index (χ0) is 15.3. The number of hydrogen-bond acceptors (Lipinski definition) is 5. The first-order valence-corrected chi connectivity index (χ1v) is 7.44. The third-order valence-corrected chi connectivity index (χ3v) is 3.84. The van der Waals surface area contributed by atoms with Crippen LogP contribution in [0.4, 0.5) is 0 Å². The number of carbonyl (C=O) groups is 1. The second-order valence-corrected chi connectivity index (χ2v) is 5.36. The van der Waals surface area contributed by atoms with Gasteiger partial charge >= 0.3 is 0 Å². The van der Waals surface area contributed by atoms with Gasteiger partial charge in [0.15, 0.2) is 0 Å². The first kappa shape index (κ1) is 16.7. The highest BCUT2D eigenvalue weighted by Gasteiger charge is 2.27. The van der Waals surface area contributed by atoms with Crippen LogP contribution in [0.1, 0.15) is 27.7 Å². The molecule has 2 heterocycles. The van der Waals surface area contributed by atoms with E-state index in [0.717, 1.165) is 17.3 Å². The van der Waals surface area contributed by atoms with Crippen LogP contribution in [0.15, 0.2) is 22.1 Å². The Kier molecular flexibility index (Phi) is 6.16. The van der Waals surface area contributed by atoms with Gasteiger partial charge in [-0.25, -0.2) is 0 Å². The third-order valence-electron chi connectivity index (χ3n) is 2.90. The summed E-state index contributed by atoms with van der Waals surface area (Å²) >= 11 is 1.14. The molecule has 0 bridgehead atoms. The molecule has 0 aromatic heterocycles. The molecule has 2 aliphatic heterocycles. The van der Waals surface area contributed by atoms with Crippen LogP contribution in [-0.4, -0.2) is 35.9 Å². The number of carbonyl (C=O) groups excluding carboxylic acids is 1. The Morgan fingerprint density at radius 2 is 2.00 bits per heavy atom. The molecule has 0 atom stereocenters. The van der Waals surface area contributed by atoms with Crippen molar-refractivity contribution in [3.63, 3.8) is 0 Å². The molecule has 1 amide bonds. The summed E-state index contributed by atoms with van der Waals surface area (Å²) in [4.78, 5) is 12.4. The molecular formula is C14H21N3O2S. The van der Waals surface area contributed by atoms with Crippen LogP contribution in [0.5, 0.6) is 0 Å². The molecule has 110 valence electrons. The highest BCUT2D eigenvalue weighted by atomic mass is 32.2. The van der Waals surface area contributed by atoms with Gasteiger partial charge in [0, 0.05) is 11.3 Å². The first-order chi connectivity index (χ1) is 9.49. The number of rotatable bonds is 3. The summed E-state index contributed by atoms with van der Waals surface area (Å²) in [5.74, 6) is -0.163. The van der Waals surface area contributed by atoms with Crippen molar-refractivity contribution in [1.29, 1.82) is 10.8 Å². The highest BCUT2D eigenvalue weighted by Crippen LogP contribution is 2.33. The number of thioether (sulfide) groups is 1. The zero-order valence-corrected chi connectivity index (χ0v) is 13.1. The predicted octanol–water partition coefficient (Wildman–Crippen LogP) is 2.49. The van der Waals surface area contributed by atoms with Gasteiger partial charge in [-0.05, 0) is 25.5 Å². The Morgan fingerprint density at radius 1 is 1.40 bits per heavy atom. The van der Waals surface area contributed by atoms with Crippen molar-refractivity contribution < 1.29 is 9.53 Å². The van der Waals surface area contributed by atoms with Crippen molar-refractivity contribution in [2.75, 3.05) is 13.2 Å². The minimum absolute atomic E-state index is 0.0896. The van der Waals surface area contributed by atoms with Gasteiger partial charge in [-0.3, -0.25) is 10.2 Å². The summed E-state index contributed by atoms with van der Waals surface area (Å²) in [6, 6.07) is 0.0896. The summed E-state index contributed by atoms with van der Waals surface area (Å²) < 4.78 is 4.99. The normalized spacial score (nSPS) is 20.4. The van der Waals surface area contributed by atoms with E-state index in [0.29, 0.717) is 34.4 Å². The summed E-state index contributed by atoms with van der Waals surface area (Å²) in [6.45, 7) is 8.59. The lowest BCUT2D eigenvalue weighted by atomic mass is 10.1. The van der Waals surface area contributed by atoms with Gasteiger partial charge in [0.1, 0.15) is 0 Å². The van der Waals surface area contributed by atoms with Crippen molar-refractivity contribution in [2.24, 2.45) is 0 Å². The second kappa shape index (κ2) is 7.40. The van der Waals surface area contributed by atoms with E-state index in [4.69, 9.17) is 15.6 Å². The number of ether oxygens (including phenoxy) is 1. The first-order valence-electron chi connectivity index (χ1n) is 6.62. The van der Waals surface area contributed by atoms with E-state index in [1.807, 2.05) is 13.8 Å². The molecule has 0 unspecified atom stereocenters. The number of nitrogens with one attached hydrogen (secondary N) is 3. The number of hydrogen-bond donors (Lipinski definition) is 3. The SMILES string of the molecule is CC.CC(=N)/C(C)=C1/C=C(C(=O)NC2COC2)SC1=N. The highest BCUT2D eigenvalue weighted by molar-refractivity contribution is 8.18. The lowest BCUT2D eigenvalue weighted by molar-refractivity contribution is -0.120. The third kappa shape index (κ3) is 3.80. The van der Waals surface area contributed by atoms with Gasteiger partial charge in [-0.1, -0.05) is 25.6 Å². The smallest absolute Gasteiger partial charge is 0.258 e.